The van der Waals surface area contributed by atoms with Crippen molar-refractivity contribution in [2.24, 2.45) is 0 Å². The van der Waals surface area contributed by atoms with Crippen molar-refractivity contribution in [3.05, 3.63) is 18.3 Å². The van der Waals surface area contributed by atoms with Gasteiger partial charge in [0.15, 0.2) is 0 Å². The Morgan fingerprint density at radius 1 is 1.29 bits per heavy atom. The minimum absolute atomic E-state index is 0. The van der Waals surface area contributed by atoms with E-state index in [-0.39, 0.29) is 30.5 Å². The van der Waals surface area contributed by atoms with Gasteiger partial charge in [-0.15, -0.1) is 38.0 Å². The summed E-state index contributed by atoms with van der Waals surface area (Å²) in [5.41, 5.74) is 5.36. The van der Waals surface area contributed by atoms with Crippen LogP contribution in [0, 0.1) is 0 Å². The normalized spacial score (nSPS) is 9.64. The molecule has 0 saturated carbocycles. The van der Waals surface area contributed by atoms with Gasteiger partial charge in [-0.2, -0.15) is 0 Å². The van der Waals surface area contributed by atoms with E-state index < -0.39 is 12.2 Å². The zero-order chi connectivity index (χ0) is 9.19. The summed E-state index contributed by atoms with van der Waals surface area (Å²) >= 11 is 0. The van der Waals surface area contributed by atoms with Crippen LogP contribution in [0.2, 0.25) is 0 Å². The van der Waals surface area contributed by atoms with E-state index in [1.54, 1.807) is 0 Å². The number of hydrogen-bond donors (Lipinski definition) is 1. The molecule has 1 aromatic heterocycles. The minimum Gasteiger partial charge on any atom is -0.399 e. The van der Waals surface area contributed by atoms with E-state index in [0.717, 1.165) is 12.3 Å². The third-order valence-electron chi connectivity index (χ3n) is 0.979. The van der Waals surface area contributed by atoms with Crippen LogP contribution in [-0.4, -0.2) is 11.3 Å². The van der Waals surface area contributed by atoms with Crippen molar-refractivity contribution in [2.75, 3.05) is 5.73 Å². The molecule has 0 bridgehead atoms. The van der Waals surface area contributed by atoms with Gasteiger partial charge in [0.2, 0.25) is 5.88 Å². The highest BCUT2D eigenvalue weighted by atomic mass is 35.5. The monoisotopic (exact) mass is 250 g/mol. The number of aromatic nitrogens is 1. The van der Waals surface area contributed by atoms with Crippen molar-refractivity contribution in [3.63, 3.8) is 0 Å². The predicted molar refractivity (Wildman–Crippen MR) is 49.8 cm³/mol. The number of ether oxygens (including phenoxy) is 1. The van der Waals surface area contributed by atoms with Gasteiger partial charge in [0.25, 0.3) is 0 Å². The van der Waals surface area contributed by atoms with Crippen molar-refractivity contribution >= 4 is 30.5 Å². The molecular weight excluding hydrogens is 244 g/mol. The summed E-state index contributed by atoms with van der Waals surface area (Å²) < 4.78 is 38.2. The molecule has 1 rings (SSSR count). The van der Waals surface area contributed by atoms with Crippen molar-refractivity contribution in [1.82, 2.24) is 4.98 Å². The van der Waals surface area contributed by atoms with Crippen molar-refractivity contribution in [3.8, 4) is 5.88 Å². The number of nitrogens with two attached hydrogens (primary N) is 1. The molecule has 0 aliphatic heterocycles. The molecule has 3 nitrogen and oxygen atoms in total. The third-order valence-corrected chi connectivity index (χ3v) is 0.979. The molecule has 14 heavy (non-hydrogen) atoms. The highest BCUT2D eigenvalue weighted by Crippen LogP contribution is 2.21. The van der Waals surface area contributed by atoms with Crippen LogP contribution in [0.1, 0.15) is 0 Å². The van der Waals surface area contributed by atoms with E-state index in [0.29, 0.717) is 0 Å². The number of alkyl halides is 3. The first kappa shape index (κ1) is 15.6. The Morgan fingerprint density at radius 3 is 2.29 bits per heavy atom. The lowest BCUT2D eigenvalue weighted by Crippen LogP contribution is -2.17. The van der Waals surface area contributed by atoms with Crippen molar-refractivity contribution < 1.29 is 17.9 Å². The fourth-order valence-corrected chi connectivity index (χ4v) is 0.599. The van der Waals surface area contributed by atoms with Crippen LogP contribution < -0.4 is 10.5 Å². The lowest BCUT2D eigenvalue weighted by molar-refractivity contribution is -0.276. The van der Waals surface area contributed by atoms with Crippen LogP contribution in [0.4, 0.5) is 18.9 Å². The average molecular weight is 251 g/mol. The van der Waals surface area contributed by atoms with Gasteiger partial charge in [0.05, 0.1) is 0 Å². The number of pyridine rings is 1. The maximum atomic E-state index is 11.6. The lowest BCUT2D eigenvalue weighted by atomic mass is 10.4. The fraction of sp³-hybridized carbons (Fsp3) is 0.167. The molecule has 0 fully saturated rings. The van der Waals surface area contributed by atoms with Crippen molar-refractivity contribution in [1.29, 1.82) is 0 Å². The molecule has 0 radical (unpaired) electrons. The highest BCUT2D eigenvalue weighted by molar-refractivity contribution is 5.85. The van der Waals surface area contributed by atoms with Gasteiger partial charge in [0, 0.05) is 18.0 Å². The molecule has 0 saturated heterocycles. The van der Waals surface area contributed by atoms with E-state index in [2.05, 4.69) is 9.72 Å². The number of hydrogen-bond acceptors (Lipinski definition) is 3. The molecule has 0 amide bonds. The summed E-state index contributed by atoms with van der Waals surface area (Å²) in [4.78, 5) is 3.30. The van der Waals surface area contributed by atoms with Crippen LogP contribution in [0.15, 0.2) is 18.3 Å². The first-order valence-corrected chi connectivity index (χ1v) is 2.95. The number of halogens is 5. The van der Waals surface area contributed by atoms with E-state index in [1.165, 1.54) is 6.07 Å². The zero-order valence-corrected chi connectivity index (χ0v) is 8.25. The Morgan fingerprint density at radius 2 is 1.86 bits per heavy atom. The summed E-state index contributed by atoms with van der Waals surface area (Å²) in [6, 6.07) is 2.36. The number of nitrogen functional groups attached to an aromatic ring is 1. The second-order valence-corrected chi connectivity index (χ2v) is 1.98. The maximum absolute atomic E-state index is 11.6. The Kier molecular flexibility index (Phi) is 6.42. The quantitative estimate of drug-likeness (QED) is 0.833. The second kappa shape index (κ2) is 5.77. The van der Waals surface area contributed by atoms with Crippen LogP contribution in [0.5, 0.6) is 5.88 Å². The summed E-state index contributed by atoms with van der Waals surface area (Å²) in [5.74, 6) is -0.553. The predicted octanol–water partition coefficient (Wildman–Crippen LogP) is 2.41. The van der Waals surface area contributed by atoms with Gasteiger partial charge < -0.3 is 10.5 Å². The van der Waals surface area contributed by atoms with Gasteiger partial charge >= 0.3 is 6.36 Å². The topological polar surface area (TPSA) is 48.1 Å². The maximum Gasteiger partial charge on any atom is 0.574 e. The summed E-state index contributed by atoms with van der Waals surface area (Å²) in [7, 11) is 0. The van der Waals surface area contributed by atoms with Gasteiger partial charge in [-0.05, 0) is 6.07 Å². The Hall–Kier alpha value is -0.880. The largest absolute Gasteiger partial charge is 0.574 e. The first-order chi connectivity index (χ1) is 5.47. The minimum atomic E-state index is -4.72. The van der Waals surface area contributed by atoms with Crippen LogP contribution in [0.25, 0.3) is 0 Å². The summed E-state index contributed by atoms with van der Waals surface area (Å²) in [5, 5.41) is 0. The number of anilines is 1. The smallest absolute Gasteiger partial charge is 0.399 e. The molecule has 2 N–H and O–H groups in total. The van der Waals surface area contributed by atoms with Crippen molar-refractivity contribution in [2.45, 2.75) is 6.36 Å². The average Bonchev–Trinajstić information content (AvgIpc) is 1.82. The van der Waals surface area contributed by atoms with Crippen LogP contribution in [-0.2, 0) is 0 Å². The number of nitrogens with zero attached hydrogens (tertiary/aromatic N) is 1. The second-order valence-electron chi connectivity index (χ2n) is 1.98. The first-order valence-electron chi connectivity index (χ1n) is 2.95. The molecule has 1 heterocycles. The van der Waals surface area contributed by atoms with E-state index in [1.807, 2.05) is 0 Å². The molecule has 0 aromatic carbocycles. The molecule has 8 heteroatoms. The molecular formula is C6H7Cl2F3N2O. The highest BCUT2D eigenvalue weighted by Gasteiger charge is 2.31. The lowest BCUT2D eigenvalue weighted by Gasteiger charge is -2.07. The molecule has 0 aliphatic rings. The summed E-state index contributed by atoms with van der Waals surface area (Å²) in [6.07, 6.45) is -3.59. The zero-order valence-electron chi connectivity index (χ0n) is 6.62. The van der Waals surface area contributed by atoms with E-state index in [9.17, 15) is 13.2 Å². The SMILES string of the molecule is Cl.Cl.Nc1ccnc(OC(F)(F)F)c1. The number of rotatable bonds is 1. The van der Waals surface area contributed by atoms with Gasteiger partial charge in [-0.3, -0.25) is 0 Å². The summed E-state index contributed by atoms with van der Waals surface area (Å²) in [6.45, 7) is 0. The molecule has 82 valence electrons. The Labute approximate surface area is 90.3 Å². The van der Waals surface area contributed by atoms with Gasteiger partial charge in [0.1, 0.15) is 0 Å². The molecule has 0 aliphatic carbocycles. The van der Waals surface area contributed by atoms with E-state index in [4.69, 9.17) is 5.73 Å². The van der Waals surface area contributed by atoms with Gasteiger partial charge in [-0.1, -0.05) is 0 Å². The molecule has 0 unspecified atom stereocenters. The molecule has 1 aromatic rings. The molecule has 0 spiro atoms. The van der Waals surface area contributed by atoms with E-state index >= 15 is 0 Å². The Bertz CT molecular complexity index is 282. The standard InChI is InChI=1S/C6H5F3N2O.2ClH/c7-6(8,9)12-5-3-4(10)1-2-11-5;;/h1-3H,(H2,10,11);2*1H. The van der Waals surface area contributed by atoms with Gasteiger partial charge in [-0.25, -0.2) is 4.98 Å². The van der Waals surface area contributed by atoms with Crippen LogP contribution >= 0.6 is 24.8 Å². The third kappa shape index (κ3) is 5.71. The van der Waals surface area contributed by atoms with Crippen LogP contribution in [0.3, 0.4) is 0 Å². The fourth-order valence-electron chi connectivity index (χ4n) is 0.599. The Balaban J connectivity index is 0. The molecule has 0 atom stereocenters.